The molecule has 1 aliphatic carbocycles. The maximum atomic E-state index is 6.09. The van der Waals surface area contributed by atoms with Crippen LogP contribution in [0.15, 0.2) is 42.5 Å². The summed E-state index contributed by atoms with van der Waals surface area (Å²) in [6.07, 6.45) is 8.26. The van der Waals surface area contributed by atoms with E-state index < -0.39 is 0 Å². The third-order valence-electron chi connectivity index (χ3n) is 5.64. The molecule has 2 aromatic rings. The number of anilines is 1. The third-order valence-corrected chi connectivity index (χ3v) is 5.64. The maximum absolute atomic E-state index is 6.09. The Morgan fingerprint density at radius 2 is 1.75 bits per heavy atom. The molecular formula is C25H35NO2. The van der Waals surface area contributed by atoms with Crippen LogP contribution in [0.3, 0.4) is 0 Å². The first-order valence-corrected chi connectivity index (χ1v) is 10.8. The van der Waals surface area contributed by atoms with Gasteiger partial charge < -0.3 is 14.8 Å². The van der Waals surface area contributed by atoms with Crippen LogP contribution in [0.25, 0.3) is 0 Å². The highest BCUT2D eigenvalue weighted by Gasteiger charge is 2.13. The largest absolute Gasteiger partial charge is 0.494 e. The predicted octanol–water partition coefficient (Wildman–Crippen LogP) is 6.53. The standard InChI is InChI=1S/C25H35NO2/c1-19-9-10-20(2)25(17-19)28-21(3)18-26-23-11-13-24(14-12-23)27-16-15-22-7-5-4-6-8-22/h9-14,17,21-22,26H,4-8,15-16,18H2,1-3H3. The molecule has 3 heteroatoms. The molecule has 0 heterocycles. The second-order valence-corrected chi connectivity index (χ2v) is 8.24. The average Bonchev–Trinajstić information content (AvgIpc) is 2.71. The molecule has 28 heavy (non-hydrogen) atoms. The SMILES string of the molecule is Cc1ccc(C)c(OC(C)CNc2ccc(OCCC3CCCCC3)cc2)c1. The molecule has 0 aromatic heterocycles. The van der Waals surface area contributed by atoms with Gasteiger partial charge in [0.05, 0.1) is 13.2 Å². The van der Waals surface area contributed by atoms with Crippen LogP contribution in [0.5, 0.6) is 11.5 Å². The Labute approximate surface area is 170 Å². The van der Waals surface area contributed by atoms with E-state index in [9.17, 15) is 0 Å². The second kappa shape index (κ2) is 10.4. The van der Waals surface area contributed by atoms with Crippen LogP contribution in [0.4, 0.5) is 5.69 Å². The van der Waals surface area contributed by atoms with Crippen LogP contribution in [-0.4, -0.2) is 19.3 Å². The molecule has 3 rings (SSSR count). The van der Waals surface area contributed by atoms with Crippen molar-refractivity contribution in [3.05, 3.63) is 53.6 Å². The average molecular weight is 382 g/mol. The van der Waals surface area contributed by atoms with Crippen LogP contribution in [0, 0.1) is 19.8 Å². The van der Waals surface area contributed by atoms with Gasteiger partial charge in [0.2, 0.25) is 0 Å². The summed E-state index contributed by atoms with van der Waals surface area (Å²) < 4.78 is 12.0. The predicted molar refractivity (Wildman–Crippen MR) is 118 cm³/mol. The highest BCUT2D eigenvalue weighted by Crippen LogP contribution is 2.26. The van der Waals surface area contributed by atoms with Gasteiger partial charge in [-0.2, -0.15) is 0 Å². The van der Waals surface area contributed by atoms with Crippen LogP contribution < -0.4 is 14.8 Å². The second-order valence-electron chi connectivity index (χ2n) is 8.24. The Hall–Kier alpha value is -2.16. The van der Waals surface area contributed by atoms with E-state index in [4.69, 9.17) is 9.47 Å². The Morgan fingerprint density at radius 1 is 1.00 bits per heavy atom. The molecule has 1 fully saturated rings. The molecule has 1 saturated carbocycles. The van der Waals surface area contributed by atoms with Gasteiger partial charge in [0, 0.05) is 5.69 Å². The minimum Gasteiger partial charge on any atom is -0.494 e. The lowest BCUT2D eigenvalue weighted by Crippen LogP contribution is -2.23. The first-order chi connectivity index (χ1) is 13.6. The molecule has 1 unspecified atom stereocenters. The molecule has 0 bridgehead atoms. The van der Waals surface area contributed by atoms with Gasteiger partial charge in [-0.25, -0.2) is 0 Å². The van der Waals surface area contributed by atoms with Crippen molar-refractivity contribution in [1.29, 1.82) is 0 Å². The van der Waals surface area contributed by atoms with E-state index in [1.54, 1.807) is 0 Å². The molecule has 2 aromatic carbocycles. The van der Waals surface area contributed by atoms with Gasteiger partial charge in [0.15, 0.2) is 0 Å². The lowest BCUT2D eigenvalue weighted by Gasteiger charge is -2.21. The third kappa shape index (κ3) is 6.47. The van der Waals surface area contributed by atoms with Crippen molar-refractivity contribution in [3.63, 3.8) is 0 Å². The van der Waals surface area contributed by atoms with Gasteiger partial charge in [0.1, 0.15) is 17.6 Å². The van der Waals surface area contributed by atoms with Crippen molar-refractivity contribution in [2.45, 2.75) is 65.4 Å². The number of benzene rings is 2. The smallest absolute Gasteiger partial charge is 0.122 e. The summed E-state index contributed by atoms with van der Waals surface area (Å²) in [4.78, 5) is 0. The maximum Gasteiger partial charge on any atom is 0.122 e. The highest BCUT2D eigenvalue weighted by atomic mass is 16.5. The fraction of sp³-hybridized carbons (Fsp3) is 0.520. The summed E-state index contributed by atoms with van der Waals surface area (Å²) in [7, 11) is 0. The van der Waals surface area contributed by atoms with E-state index in [0.29, 0.717) is 0 Å². The van der Waals surface area contributed by atoms with Crippen molar-refractivity contribution in [3.8, 4) is 11.5 Å². The van der Waals surface area contributed by atoms with Crippen molar-refractivity contribution in [2.24, 2.45) is 5.92 Å². The fourth-order valence-corrected chi connectivity index (χ4v) is 3.84. The molecule has 3 nitrogen and oxygen atoms in total. The molecule has 0 spiro atoms. The lowest BCUT2D eigenvalue weighted by atomic mass is 9.87. The summed E-state index contributed by atoms with van der Waals surface area (Å²) in [6.45, 7) is 7.86. The van der Waals surface area contributed by atoms with Gasteiger partial charge in [0.25, 0.3) is 0 Å². The Bertz CT molecular complexity index is 720. The minimum atomic E-state index is 0.0897. The number of ether oxygens (including phenoxy) is 2. The molecule has 152 valence electrons. The fourth-order valence-electron chi connectivity index (χ4n) is 3.84. The van der Waals surface area contributed by atoms with Crippen molar-refractivity contribution >= 4 is 5.69 Å². The van der Waals surface area contributed by atoms with Gasteiger partial charge in [-0.05, 0) is 74.6 Å². The number of hydrogen-bond acceptors (Lipinski definition) is 3. The van der Waals surface area contributed by atoms with Crippen molar-refractivity contribution < 1.29 is 9.47 Å². The van der Waals surface area contributed by atoms with E-state index in [-0.39, 0.29) is 6.10 Å². The normalized spacial score (nSPS) is 15.8. The topological polar surface area (TPSA) is 30.5 Å². The number of hydrogen-bond donors (Lipinski definition) is 1. The van der Waals surface area contributed by atoms with Gasteiger partial charge in [-0.1, -0.05) is 44.2 Å². The van der Waals surface area contributed by atoms with E-state index >= 15 is 0 Å². The summed E-state index contributed by atoms with van der Waals surface area (Å²) in [5.74, 6) is 2.80. The minimum absolute atomic E-state index is 0.0897. The number of rotatable bonds is 9. The molecule has 0 radical (unpaired) electrons. The Kier molecular flexibility index (Phi) is 7.64. The van der Waals surface area contributed by atoms with Crippen molar-refractivity contribution in [2.75, 3.05) is 18.5 Å². The zero-order valence-corrected chi connectivity index (χ0v) is 17.7. The number of nitrogens with one attached hydrogen (secondary N) is 1. The Balaban J connectivity index is 1.39. The summed E-state index contributed by atoms with van der Waals surface area (Å²) in [5, 5.41) is 3.45. The summed E-state index contributed by atoms with van der Waals surface area (Å²) in [6, 6.07) is 14.6. The zero-order chi connectivity index (χ0) is 19.8. The van der Waals surface area contributed by atoms with E-state index in [2.05, 4.69) is 68.6 Å². The molecule has 0 amide bonds. The van der Waals surface area contributed by atoms with Gasteiger partial charge in [-0.15, -0.1) is 0 Å². The molecule has 1 N–H and O–H groups in total. The quantitative estimate of drug-likeness (QED) is 0.535. The van der Waals surface area contributed by atoms with Crippen molar-refractivity contribution in [1.82, 2.24) is 0 Å². The Morgan fingerprint density at radius 3 is 2.50 bits per heavy atom. The molecular weight excluding hydrogens is 346 g/mol. The summed E-state index contributed by atoms with van der Waals surface area (Å²) >= 11 is 0. The zero-order valence-electron chi connectivity index (χ0n) is 17.7. The molecule has 0 saturated heterocycles. The lowest BCUT2D eigenvalue weighted by molar-refractivity contribution is 0.233. The summed E-state index contributed by atoms with van der Waals surface area (Å²) in [5.41, 5.74) is 3.49. The monoisotopic (exact) mass is 381 g/mol. The molecule has 0 aliphatic heterocycles. The van der Waals surface area contributed by atoms with Crippen LogP contribution in [-0.2, 0) is 0 Å². The van der Waals surface area contributed by atoms with Gasteiger partial charge >= 0.3 is 0 Å². The molecule has 1 aliphatic rings. The van der Waals surface area contributed by atoms with Gasteiger partial charge in [-0.3, -0.25) is 0 Å². The van der Waals surface area contributed by atoms with Crippen LogP contribution in [0.2, 0.25) is 0 Å². The first kappa shape index (κ1) is 20.6. The first-order valence-electron chi connectivity index (χ1n) is 10.8. The van der Waals surface area contributed by atoms with E-state index in [1.165, 1.54) is 49.7 Å². The molecule has 1 atom stereocenters. The number of aryl methyl sites for hydroxylation is 2. The van der Waals surface area contributed by atoms with E-state index in [1.807, 2.05) is 0 Å². The van der Waals surface area contributed by atoms with Crippen LogP contribution in [0.1, 0.15) is 56.6 Å². The van der Waals surface area contributed by atoms with E-state index in [0.717, 1.165) is 36.3 Å². The highest BCUT2D eigenvalue weighted by molar-refractivity contribution is 5.46. The van der Waals surface area contributed by atoms with Crippen LogP contribution >= 0.6 is 0 Å².